The van der Waals surface area contributed by atoms with E-state index in [0.29, 0.717) is 15.2 Å². The minimum Gasteiger partial charge on any atom is -0.322 e. The maximum absolute atomic E-state index is 12.5. The van der Waals surface area contributed by atoms with Gasteiger partial charge in [0.05, 0.1) is 4.90 Å². The molecule has 0 radical (unpaired) electrons. The second kappa shape index (κ2) is 7.23. The minimum absolute atomic E-state index is 0.0305. The van der Waals surface area contributed by atoms with Crippen molar-refractivity contribution in [3.05, 3.63) is 57.0 Å². The summed E-state index contributed by atoms with van der Waals surface area (Å²) < 4.78 is 26.2. The first-order chi connectivity index (χ1) is 11.1. The number of sulfonamides is 1. The molecule has 8 heteroatoms. The van der Waals surface area contributed by atoms with E-state index in [0.717, 1.165) is 9.87 Å². The summed E-state index contributed by atoms with van der Waals surface area (Å²) in [5.41, 5.74) is 1.55. The van der Waals surface area contributed by atoms with E-state index in [9.17, 15) is 13.2 Å². The van der Waals surface area contributed by atoms with Gasteiger partial charge in [0.1, 0.15) is 0 Å². The van der Waals surface area contributed by atoms with Crippen molar-refractivity contribution in [2.75, 3.05) is 19.4 Å². The Balaban J connectivity index is 2.40. The highest BCUT2D eigenvalue weighted by Gasteiger charge is 2.22. The van der Waals surface area contributed by atoms with E-state index < -0.39 is 15.9 Å². The van der Waals surface area contributed by atoms with Crippen LogP contribution in [0.25, 0.3) is 0 Å². The zero-order valence-electron chi connectivity index (χ0n) is 13.3. The fourth-order valence-electron chi connectivity index (χ4n) is 1.98. The van der Waals surface area contributed by atoms with Gasteiger partial charge < -0.3 is 5.32 Å². The normalized spacial score (nSPS) is 11.6. The summed E-state index contributed by atoms with van der Waals surface area (Å²) in [5.74, 6) is -0.414. The molecule has 0 aromatic heterocycles. The highest BCUT2D eigenvalue weighted by molar-refractivity contribution is 9.10. The number of carbonyl (C=O) groups excluding carboxylic acids is 1. The van der Waals surface area contributed by atoms with Crippen LogP contribution in [0.5, 0.6) is 0 Å². The topological polar surface area (TPSA) is 66.5 Å². The van der Waals surface area contributed by atoms with Crippen LogP contribution in [-0.2, 0) is 10.0 Å². The van der Waals surface area contributed by atoms with Gasteiger partial charge in [-0.25, -0.2) is 12.7 Å². The highest BCUT2D eigenvalue weighted by Crippen LogP contribution is 2.27. The molecule has 24 heavy (non-hydrogen) atoms. The second-order valence-electron chi connectivity index (χ2n) is 5.30. The Hall–Kier alpha value is -1.41. The fraction of sp³-hybridized carbons (Fsp3) is 0.188. The van der Waals surface area contributed by atoms with Crippen LogP contribution in [0.3, 0.4) is 0 Å². The number of hydrogen-bond acceptors (Lipinski definition) is 3. The Labute approximate surface area is 154 Å². The Morgan fingerprint density at radius 3 is 2.50 bits per heavy atom. The first-order valence-electron chi connectivity index (χ1n) is 6.93. The molecule has 1 amide bonds. The van der Waals surface area contributed by atoms with Crippen molar-refractivity contribution in [1.29, 1.82) is 0 Å². The van der Waals surface area contributed by atoms with Crippen molar-refractivity contribution < 1.29 is 13.2 Å². The van der Waals surface area contributed by atoms with Gasteiger partial charge in [0.2, 0.25) is 10.0 Å². The number of rotatable bonds is 4. The molecule has 2 rings (SSSR count). The molecule has 0 bridgehead atoms. The van der Waals surface area contributed by atoms with Crippen LogP contribution in [0.2, 0.25) is 5.02 Å². The number of anilines is 1. The van der Waals surface area contributed by atoms with Crippen LogP contribution < -0.4 is 5.32 Å². The molecule has 0 fully saturated rings. The van der Waals surface area contributed by atoms with Gasteiger partial charge in [-0.2, -0.15) is 0 Å². The van der Waals surface area contributed by atoms with Crippen LogP contribution >= 0.6 is 27.5 Å². The molecule has 128 valence electrons. The lowest BCUT2D eigenvalue weighted by Gasteiger charge is -2.14. The Morgan fingerprint density at radius 2 is 1.88 bits per heavy atom. The van der Waals surface area contributed by atoms with Crippen molar-refractivity contribution in [2.45, 2.75) is 11.8 Å². The highest BCUT2D eigenvalue weighted by atomic mass is 79.9. The largest absolute Gasteiger partial charge is 0.322 e. The van der Waals surface area contributed by atoms with Crippen molar-refractivity contribution in [3.8, 4) is 0 Å². The SMILES string of the molecule is Cc1c(Cl)cccc1NC(=O)c1ccc(Br)c(S(=O)(=O)N(C)C)c1. The van der Waals surface area contributed by atoms with Gasteiger partial charge in [-0.15, -0.1) is 0 Å². The molecule has 0 aliphatic carbocycles. The first-order valence-corrected chi connectivity index (χ1v) is 9.54. The molecule has 1 N–H and O–H groups in total. The zero-order valence-corrected chi connectivity index (χ0v) is 16.5. The predicted molar refractivity (Wildman–Crippen MR) is 99.2 cm³/mol. The van der Waals surface area contributed by atoms with E-state index in [1.54, 1.807) is 31.2 Å². The third-order valence-electron chi connectivity index (χ3n) is 3.47. The van der Waals surface area contributed by atoms with Gasteiger partial charge in [0.25, 0.3) is 5.91 Å². The maximum atomic E-state index is 12.5. The van der Waals surface area contributed by atoms with Crippen LogP contribution in [0.1, 0.15) is 15.9 Å². The number of halogens is 2. The van der Waals surface area contributed by atoms with Crippen LogP contribution in [0.15, 0.2) is 45.8 Å². The molecule has 0 unspecified atom stereocenters. The van der Waals surface area contributed by atoms with Gasteiger partial charge in [-0.1, -0.05) is 17.7 Å². The Kier molecular flexibility index (Phi) is 5.70. The van der Waals surface area contributed by atoms with Crippen LogP contribution in [0, 0.1) is 6.92 Å². The molecule has 0 aliphatic heterocycles. The van der Waals surface area contributed by atoms with Gasteiger partial charge in [-0.3, -0.25) is 4.79 Å². The number of hydrogen-bond donors (Lipinski definition) is 1. The van der Waals surface area contributed by atoms with Gasteiger partial charge in [0.15, 0.2) is 0 Å². The molecule has 0 aliphatic rings. The summed E-state index contributed by atoms with van der Waals surface area (Å²) in [6.45, 7) is 1.79. The molecule has 0 heterocycles. The number of nitrogens with one attached hydrogen (secondary N) is 1. The van der Waals surface area contributed by atoms with E-state index in [1.807, 2.05) is 0 Å². The lowest BCUT2D eigenvalue weighted by molar-refractivity contribution is 0.102. The van der Waals surface area contributed by atoms with Crippen molar-refractivity contribution in [2.24, 2.45) is 0 Å². The molecule has 2 aromatic rings. The van der Waals surface area contributed by atoms with E-state index in [1.165, 1.54) is 26.2 Å². The average Bonchev–Trinajstić information content (AvgIpc) is 2.51. The maximum Gasteiger partial charge on any atom is 0.255 e. The van der Waals surface area contributed by atoms with Crippen LogP contribution in [-0.4, -0.2) is 32.7 Å². The zero-order chi connectivity index (χ0) is 18.1. The molecule has 0 atom stereocenters. The quantitative estimate of drug-likeness (QED) is 0.798. The lowest BCUT2D eigenvalue weighted by Crippen LogP contribution is -2.23. The first kappa shape index (κ1) is 18.9. The summed E-state index contributed by atoms with van der Waals surface area (Å²) in [6.07, 6.45) is 0. The predicted octanol–water partition coefficient (Wildman–Crippen LogP) is 3.91. The van der Waals surface area contributed by atoms with Crippen LogP contribution in [0.4, 0.5) is 5.69 Å². The summed E-state index contributed by atoms with van der Waals surface area (Å²) in [7, 11) is -0.797. The fourth-order valence-corrected chi connectivity index (χ4v) is 3.99. The van der Waals surface area contributed by atoms with Gasteiger partial charge in [-0.05, 0) is 58.7 Å². The number of amides is 1. The molecule has 0 saturated carbocycles. The summed E-state index contributed by atoms with van der Waals surface area (Å²) in [4.78, 5) is 12.5. The third kappa shape index (κ3) is 3.80. The number of carbonyl (C=O) groups is 1. The molecule has 2 aromatic carbocycles. The summed E-state index contributed by atoms with van der Waals surface area (Å²) in [5, 5.41) is 3.29. The molecule has 0 saturated heterocycles. The van der Waals surface area contributed by atoms with E-state index >= 15 is 0 Å². The number of nitrogens with zero attached hydrogens (tertiary/aromatic N) is 1. The standard InChI is InChI=1S/C16H16BrClN2O3S/c1-10-13(18)5-4-6-14(10)19-16(21)11-7-8-12(17)15(9-11)24(22,23)20(2)3/h4-9H,1-3H3,(H,19,21). The monoisotopic (exact) mass is 430 g/mol. The van der Waals surface area contributed by atoms with Crippen molar-refractivity contribution >= 4 is 49.1 Å². The minimum atomic E-state index is -3.67. The summed E-state index contributed by atoms with van der Waals surface area (Å²) >= 11 is 9.26. The lowest BCUT2D eigenvalue weighted by atomic mass is 10.1. The molecule has 0 spiro atoms. The van der Waals surface area contributed by atoms with Crippen molar-refractivity contribution in [3.63, 3.8) is 0 Å². The summed E-state index contributed by atoms with van der Waals surface area (Å²) in [6, 6.07) is 9.62. The van der Waals surface area contributed by atoms with E-state index in [4.69, 9.17) is 11.6 Å². The molecular weight excluding hydrogens is 416 g/mol. The van der Waals surface area contributed by atoms with E-state index in [2.05, 4.69) is 21.2 Å². The third-order valence-corrected chi connectivity index (χ3v) is 6.69. The average molecular weight is 432 g/mol. The number of benzene rings is 2. The Bertz CT molecular complexity index is 898. The Morgan fingerprint density at radius 1 is 1.21 bits per heavy atom. The molecule has 5 nitrogen and oxygen atoms in total. The van der Waals surface area contributed by atoms with Gasteiger partial charge >= 0.3 is 0 Å². The van der Waals surface area contributed by atoms with Crippen molar-refractivity contribution in [1.82, 2.24) is 4.31 Å². The van der Waals surface area contributed by atoms with E-state index in [-0.39, 0.29) is 10.5 Å². The van der Waals surface area contributed by atoms with Gasteiger partial charge in [0, 0.05) is 34.8 Å². The smallest absolute Gasteiger partial charge is 0.255 e. The molecular formula is C16H16BrClN2O3S. The second-order valence-corrected chi connectivity index (χ2v) is 8.68.